The van der Waals surface area contributed by atoms with Gasteiger partial charge < -0.3 is 14.9 Å². The minimum Gasteiger partial charge on any atom is -0.481 e. The van der Waals surface area contributed by atoms with Crippen LogP contribution in [0.15, 0.2) is 5.38 Å². The number of nitrogens with zero attached hydrogens (tertiary/aromatic N) is 3. The van der Waals surface area contributed by atoms with Gasteiger partial charge in [-0.2, -0.15) is 0 Å². The molecule has 0 unspecified atom stereocenters. The van der Waals surface area contributed by atoms with E-state index in [2.05, 4.69) is 21.7 Å². The molecule has 0 bridgehead atoms. The minimum absolute atomic E-state index is 0.0193. The molecule has 94 valence electrons. The summed E-state index contributed by atoms with van der Waals surface area (Å²) in [6, 6.07) is 0. The van der Waals surface area contributed by atoms with Crippen molar-refractivity contribution in [2.45, 2.75) is 13.3 Å². The van der Waals surface area contributed by atoms with Crippen molar-refractivity contribution in [1.82, 2.24) is 9.88 Å². The molecule has 17 heavy (non-hydrogen) atoms. The molecule has 1 aromatic rings. The van der Waals surface area contributed by atoms with Crippen molar-refractivity contribution in [3.63, 3.8) is 0 Å². The molecule has 0 saturated carbocycles. The summed E-state index contributed by atoms with van der Waals surface area (Å²) in [6.07, 6.45) is 0.0193. The van der Waals surface area contributed by atoms with Gasteiger partial charge in [-0.1, -0.05) is 6.92 Å². The van der Waals surface area contributed by atoms with Gasteiger partial charge in [0, 0.05) is 31.6 Å². The molecule has 0 aromatic carbocycles. The normalized spacial score (nSPS) is 17.4. The number of aliphatic carboxylic acids is 1. The van der Waals surface area contributed by atoms with Crippen molar-refractivity contribution in [2.75, 3.05) is 37.6 Å². The third-order valence-electron chi connectivity index (χ3n) is 2.96. The molecule has 2 heterocycles. The summed E-state index contributed by atoms with van der Waals surface area (Å²) >= 11 is 1.54. The van der Waals surface area contributed by atoms with Crippen molar-refractivity contribution in [3.8, 4) is 0 Å². The van der Waals surface area contributed by atoms with Gasteiger partial charge in [-0.15, -0.1) is 11.3 Å². The minimum atomic E-state index is -0.822. The van der Waals surface area contributed by atoms with E-state index in [0.717, 1.165) is 37.9 Å². The smallest absolute Gasteiger partial charge is 0.309 e. The second kappa shape index (κ2) is 5.46. The standard InChI is InChI=1S/C11H17N3O2S/c1-2-13-3-5-14(6-4-13)11-12-9(8-17-11)7-10(15)16/h8H,2-7H2,1H3,(H,15,16). The average Bonchev–Trinajstić information content (AvgIpc) is 2.77. The third kappa shape index (κ3) is 3.17. The van der Waals surface area contributed by atoms with Crippen LogP contribution in [0.1, 0.15) is 12.6 Å². The lowest BCUT2D eigenvalue weighted by atomic mass is 10.3. The van der Waals surface area contributed by atoms with Crippen molar-refractivity contribution < 1.29 is 9.90 Å². The van der Waals surface area contributed by atoms with E-state index in [4.69, 9.17) is 5.11 Å². The van der Waals surface area contributed by atoms with Gasteiger partial charge in [0.2, 0.25) is 0 Å². The van der Waals surface area contributed by atoms with Gasteiger partial charge in [-0.25, -0.2) is 4.98 Å². The number of carboxylic acid groups (broad SMARTS) is 1. The number of carboxylic acids is 1. The van der Waals surface area contributed by atoms with E-state index in [-0.39, 0.29) is 6.42 Å². The first-order chi connectivity index (χ1) is 8.19. The number of hydrogen-bond acceptors (Lipinski definition) is 5. The monoisotopic (exact) mass is 255 g/mol. The first-order valence-corrected chi connectivity index (χ1v) is 6.70. The maximum atomic E-state index is 10.6. The number of likely N-dealkylation sites (N-methyl/N-ethyl adjacent to an activating group) is 1. The van der Waals surface area contributed by atoms with Crippen LogP contribution in [0.5, 0.6) is 0 Å². The number of anilines is 1. The zero-order valence-corrected chi connectivity index (χ0v) is 10.7. The van der Waals surface area contributed by atoms with Gasteiger partial charge in [-0.05, 0) is 6.54 Å². The van der Waals surface area contributed by atoms with E-state index in [1.165, 1.54) is 11.3 Å². The van der Waals surface area contributed by atoms with Gasteiger partial charge in [-0.3, -0.25) is 4.79 Å². The predicted molar refractivity (Wildman–Crippen MR) is 67.8 cm³/mol. The van der Waals surface area contributed by atoms with Crippen LogP contribution in [0.2, 0.25) is 0 Å². The Morgan fingerprint density at radius 3 is 2.76 bits per heavy atom. The maximum Gasteiger partial charge on any atom is 0.309 e. The highest BCUT2D eigenvalue weighted by Crippen LogP contribution is 2.22. The van der Waals surface area contributed by atoms with Gasteiger partial charge in [0.25, 0.3) is 0 Å². The summed E-state index contributed by atoms with van der Waals surface area (Å²) < 4.78 is 0. The molecule has 0 spiro atoms. The highest BCUT2D eigenvalue weighted by molar-refractivity contribution is 7.13. The molecular weight excluding hydrogens is 238 g/mol. The molecule has 1 aliphatic heterocycles. The van der Waals surface area contributed by atoms with E-state index in [0.29, 0.717) is 5.69 Å². The van der Waals surface area contributed by atoms with Crippen LogP contribution < -0.4 is 4.90 Å². The average molecular weight is 255 g/mol. The molecule has 0 aliphatic carbocycles. The van der Waals surface area contributed by atoms with E-state index in [1.54, 1.807) is 0 Å². The van der Waals surface area contributed by atoms with Crippen LogP contribution in [0, 0.1) is 0 Å². The maximum absolute atomic E-state index is 10.6. The second-order valence-electron chi connectivity index (χ2n) is 4.11. The fraction of sp³-hybridized carbons (Fsp3) is 0.636. The molecule has 6 heteroatoms. The molecule has 0 atom stereocenters. The lowest BCUT2D eigenvalue weighted by Gasteiger charge is -2.33. The molecule has 2 rings (SSSR count). The number of hydrogen-bond donors (Lipinski definition) is 1. The van der Waals surface area contributed by atoms with Crippen LogP contribution >= 0.6 is 11.3 Å². The van der Waals surface area contributed by atoms with E-state index < -0.39 is 5.97 Å². The highest BCUT2D eigenvalue weighted by Gasteiger charge is 2.18. The second-order valence-corrected chi connectivity index (χ2v) is 4.95. The fourth-order valence-corrected chi connectivity index (χ4v) is 2.81. The zero-order valence-electron chi connectivity index (χ0n) is 9.93. The summed E-state index contributed by atoms with van der Waals surface area (Å²) in [5.74, 6) is -0.822. The number of piperazine rings is 1. The van der Waals surface area contributed by atoms with Crippen molar-refractivity contribution in [2.24, 2.45) is 0 Å². The first kappa shape index (κ1) is 12.3. The number of carbonyl (C=O) groups is 1. The Labute approximate surface area is 105 Å². The summed E-state index contributed by atoms with van der Waals surface area (Å²) in [5.41, 5.74) is 0.662. The van der Waals surface area contributed by atoms with Crippen molar-refractivity contribution in [3.05, 3.63) is 11.1 Å². The Hall–Kier alpha value is -1.14. The van der Waals surface area contributed by atoms with Crippen LogP contribution in [0.25, 0.3) is 0 Å². The molecule has 1 N–H and O–H groups in total. The molecule has 0 amide bonds. The lowest BCUT2D eigenvalue weighted by Crippen LogP contribution is -2.46. The van der Waals surface area contributed by atoms with Crippen LogP contribution in [0.4, 0.5) is 5.13 Å². The topological polar surface area (TPSA) is 56.7 Å². The van der Waals surface area contributed by atoms with Crippen molar-refractivity contribution >= 4 is 22.4 Å². The Morgan fingerprint density at radius 1 is 1.47 bits per heavy atom. The first-order valence-electron chi connectivity index (χ1n) is 5.82. The Bertz CT molecular complexity index is 386. The molecule has 1 aliphatic rings. The largest absolute Gasteiger partial charge is 0.481 e. The molecule has 1 aromatic heterocycles. The van der Waals surface area contributed by atoms with Gasteiger partial charge >= 0.3 is 5.97 Å². The number of aromatic nitrogens is 1. The van der Waals surface area contributed by atoms with Crippen molar-refractivity contribution in [1.29, 1.82) is 0 Å². The van der Waals surface area contributed by atoms with E-state index >= 15 is 0 Å². The van der Waals surface area contributed by atoms with Gasteiger partial charge in [0.15, 0.2) is 5.13 Å². The fourth-order valence-electron chi connectivity index (χ4n) is 1.93. The number of thiazole rings is 1. The Balaban J connectivity index is 1.94. The summed E-state index contributed by atoms with van der Waals surface area (Å²) in [6.45, 7) is 7.34. The zero-order chi connectivity index (χ0) is 12.3. The SMILES string of the molecule is CCN1CCN(c2nc(CC(=O)O)cs2)CC1. The predicted octanol–water partition coefficient (Wildman–Crippen LogP) is 0.912. The molecule has 1 saturated heterocycles. The molecular formula is C11H17N3O2S. The van der Waals surface area contributed by atoms with Gasteiger partial charge in [0.1, 0.15) is 0 Å². The van der Waals surface area contributed by atoms with Gasteiger partial charge in [0.05, 0.1) is 12.1 Å². The van der Waals surface area contributed by atoms with E-state index in [1.807, 2.05) is 5.38 Å². The molecule has 1 fully saturated rings. The summed E-state index contributed by atoms with van der Waals surface area (Å²) in [5, 5.41) is 11.5. The van der Waals surface area contributed by atoms with E-state index in [9.17, 15) is 4.79 Å². The lowest BCUT2D eigenvalue weighted by molar-refractivity contribution is -0.136. The third-order valence-corrected chi connectivity index (χ3v) is 3.91. The quantitative estimate of drug-likeness (QED) is 0.866. The summed E-state index contributed by atoms with van der Waals surface area (Å²) in [4.78, 5) is 19.6. The highest BCUT2D eigenvalue weighted by atomic mass is 32.1. The van der Waals surface area contributed by atoms with Crippen LogP contribution in [-0.4, -0.2) is 53.7 Å². The van der Waals surface area contributed by atoms with Crippen LogP contribution in [-0.2, 0) is 11.2 Å². The van der Waals surface area contributed by atoms with Crippen LogP contribution in [0.3, 0.4) is 0 Å². The summed E-state index contributed by atoms with van der Waals surface area (Å²) in [7, 11) is 0. The Morgan fingerprint density at radius 2 is 2.18 bits per heavy atom. The molecule has 5 nitrogen and oxygen atoms in total. The number of rotatable bonds is 4. The molecule has 0 radical (unpaired) electrons. The Kier molecular flexibility index (Phi) is 3.96.